The van der Waals surface area contributed by atoms with Crippen LogP contribution in [0.2, 0.25) is 0 Å². The summed E-state index contributed by atoms with van der Waals surface area (Å²) in [6, 6.07) is 18.5. The number of anilines is 1. The molecule has 1 aliphatic carbocycles. The van der Waals surface area contributed by atoms with Gasteiger partial charge in [0, 0.05) is 29.0 Å². The van der Waals surface area contributed by atoms with Crippen LogP contribution in [0.5, 0.6) is 5.75 Å². The Bertz CT molecular complexity index is 1530. The van der Waals surface area contributed by atoms with Gasteiger partial charge in [-0.2, -0.15) is 8.42 Å². The smallest absolute Gasteiger partial charge is 0.343 e. The van der Waals surface area contributed by atoms with Crippen LogP contribution in [0.1, 0.15) is 60.5 Å². The van der Waals surface area contributed by atoms with Crippen LogP contribution in [0.4, 0.5) is 5.69 Å². The molecule has 4 aromatic rings. The maximum atomic E-state index is 13.3. The molecule has 2 unspecified atom stereocenters. The topological polar surface area (TPSA) is 110 Å². The summed E-state index contributed by atoms with van der Waals surface area (Å²) in [4.78, 5) is 17.2. The van der Waals surface area contributed by atoms with E-state index in [1.165, 1.54) is 22.2 Å². The highest BCUT2D eigenvalue weighted by molar-refractivity contribution is 7.92. The first-order valence-corrected chi connectivity index (χ1v) is 14.7. The van der Waals surface area contributed by atoms with E-state index in [-0.39, 0.29) is 28.2 Å². The highest BCUT2D eigenvalue weighted by Crippen LogP contribution is 2.48. The van der Waals surface area contributed by atoms with Gasteiger partial charge in [-0.3, -0.25) is 4.72 Å². The number of nitrogens with one attached hydrogen (secondary N) is 1. The van der Waals surface area contributed by atoms with Crippen LogP contribution in [0.3, 0.4) is 0 Å². The summed E-state index contributed by atoms with van der Waals surface area (Å²) in [7, 11) is -3.82. The monoisotopic (exact) mass is 536 g/mol. The number of thiazole rings is 1. The molecule has 7 nitrogen and oxygen atoms in total. The van der Waals surface area contributed by atoms with Crippen molar-refractivity contribution in [2.45, 2.75) is 49.5 Å². The number of aromatic nitrogens is 1. The Labute approximate surface area is 219 Å². The molecule has 2 aromatic carbocycles. The Balaban J connectivity index is 1.46. The highest BCUT2D eigenvalue weighted by Gasteiger charge is 2.38. The molecule has 0 bridgehead atoms. The van der Waals surface area contributed by atoms with E-state index in [0.29, 0.717) is 17.9 Å². The Kier molecular flexibility index (Phi) is 7.17. The predicted molar refractivity (Wildman–Crippen MR) is 144 cm³/mol. The van der Waals surface area contributed by atoms with Gasteiger partial charge < -0.3 is 9.52 Å². The molecule has 1 aliphatic rings. The lowest BCUT2D eigenvalue weighted by Gasteiger charge is -2.20. The molecule has 9 heteroatoms. The molecule has 2 aromatic heterocycles. The fraction of sp³-hybridized carbons (Fsp3) is 0.286. The number of aromatic hydroxyl groups is 1. The van der Waals surface area contributed by atoms with Gasteiger partial charge in [-0.05, 0) is 54.9 Å². The molecule has 5 rings (SSSR count). The first-order valence-electron chi connectivity index (χ1n) is 12.3. The molecule has 0 saturated heterocycles. The third kappa shape index (κ3) is 5.62. The maximum absolute atomic E-state index is 13.3. The quantitative estimate of drug-likeness (QED) is 0.262. The molecule has 192 valence electrons. The van der Waals surface area contributed by atoms with E-state index in [9.17, 15) is 18.3 Å². The summed E-state index contributed by atoms with van der Waals surface area (Å²) in [5.74, 6) is 0.109. The number of hydrogen-bond donors (Lipinski definition) is 2. The van der Waals surface area contributed by atoms with E-state index in [1.54, 1.807) is 24.3 Å². The Morgan fingerprint density at radius 2 is 1.92 bits per heavy atom. The summed E-state index contributed by atoms with van der Waals surface area (Å²) in [6.45, 7) is 2.03. The van der Waals surface area contributed by atoms with Crippen LogP contribution in [0.15, 0.2) is 85.8 Å². The summed E-state index contributed by atoms with van der Waals surface area (Å²) >= 11 is 1.20. The molecule has 2 N–H and O–H groups in total. The molecular formula is C28H28N2O5S2. The molecule has 0 amide bonds. The summed E-state index contributed by atoms with van der Waals surface area (Å²) in [6.07, 6.45) is 3.27. The van der Waals surface area contributed by atoms with E-state index in [2.05, 4.69) is 9.71 Å². The van der Waals surface area contributed by atoms with Gasteiger partial charge in [0.25, 0.3) is 10.0 Å². The number of hydrogen-bond acceptors (Lipinski definition) is 7. The Hall–Kier alpha value is -3.43. The zero-order valence-corrected chi connectivity index (χ0v) is 22.0. The second-order valence-electron chi connectivity index (χ2n) is 9.40. The Morgan fingerprint density at radius 1 is 1.14 bits per heavy atom. The predicted octanol–water partition coefficient (Wildman–Crippen LogP) is 5.88. The van der Waals surface area contributed by atoms with Crippen molar-refractivity contribution in [1.82, 2.24) is 4.98 Å². The SMILES string of the molecule is CCC(Cc1ccccc1)c1cc(O)c(C(c2cccc(NS(=O)(=O)c3cscn3)c2)C2CC2)c(=O)o1. The molecule has 1 fully saturated rings. The van der Waals surface area contributed by atoms with E-state index in [0.717, 1.165) is 30.4 Å². The van der Waals surface area contributed by atoms with Crippen LogP contribution in [0, 0.1) is 5.92 Å². The van der Waals surface area contributed by atoms with Gasteiger partial charge in [-0.15, -0.1) is 11.3 Å². The van der Waals surface area contributed by atoms with Crippen molar-refractivity contribution in [1.29, 1.82) is 0 Å². The third-order valence-electron chi connectivity index (χ3n) is 6.79. The van der Waals surface area contributed by atoms with Gasteiger partial charge in [0.15, 0.2) is 5.03 Å². The number of benzene rings is 2. The van der Waals surface area contributed by atoms with Crippen LogP contribution in [0.25, 0.3) is 0 Å². The molecule has 1 saturated carbocycles. The van der Waals surface area contributed by atoms with Crippen LogP contribution in [-0.4, -0.2) is 18.5 Å². The van der Waals surface area contributed by atoms with Crippen molar-refractivity contribution in [3.63, 3.8) is 0 Å². The number of nitrogens with zero attached hydrogens (tertiary/aromatic N) is 1. The molecule has 2 atom stereocenters. The van der Waals surface area contributed by atoms with E-state index in [4.69, 9.17) is 4.42 Å². The van der Waals surface area contributed by atoms with Gasteiger partial charge in [0.2, 0.25) is 0 Å². The fourth-order valence-corrected chi connectivity index (χ4v) is 6.67. The lowest BCUT2D eigenvalue weighted by molar-refractivity contribution is 0.379. The molecule has 37 heavy (non-hydrogen) atoms. The zero-order chi connectivity index (χ0) is 26.0. The minimum absolute atomic E-state index is 0.0436. The van der Waals surface area contributed by atoms with Gasteiger partial charge in [-0.1, -0.05) is 49.4 Å². The summed E-state index contributed by atoms with van der Waals surface area (Å²) in [5.41, 5.74) is 3.38. The average molecular weight is 537 g/mol. The lowest BCUT2D eigenvalue weighted by atomic mass is 9.86. The van der Waals surface area contributed by atoms with E-state index >= 15 is 0 Å². The van der Waals surface area contributed by atoms with Crippen molar-refractivity contribution in [3.8, 4) is 5.75 Å². The van der Waals surface area contributed by atoms with Gasteiger partial charge in [-0.25, -0.2) is 9.78 Å². The normalized spacial score (nSPS) is 15.3. The van der Waals surface area contributed by atoms with Gasteiger partial charge in [0.1, 0.15) is 11.5 Å². The van der Waals surface area contributed by atoms with Crippen molar-refractivity contribution in [3.05, 3.63) is 104 Å². The van der Waals surface area contributed by atoms with E-state index < -0.39 is 21.6 Å². The van der Waals surface area contributed by atoms with Crippen LogP contribution in [-0.2, 0) is 16.4 Å². The van der Waals surface area contributed by atoms with Crippen molar-refractivity contribution < 1.29 is 17.9 Å². The summed E-state index contributed by atoms with van der Waals surface area (Å²) < 4.78 is 33.7. The van der Waals surface area contributed by atoms with Gasteiger partial charge >= 0.3 is 5.63 Å². The fourth-order valence-electron chi connectivity index (χ4n) is 4.78. The third-order valence-corrected chi connectivity index (χ3v) is 8.81. The molecule has 0 aliphatic heterocycles. The van der Waals surface area contributed by atoms with Crippen LogP contribution >= 0.6 is 11.3 Å². The second-order valence-corrected chi connectivity index (χ2v) is 11.8. The molecule has 2 heterocycles. The van der Waals surface area contributed by atoms with Crippen LogP contribution < -0.4 is 10.3 Å². The van der Waals surface area contributed by atoms with Gasteiger partial charge in [0.05, 0.1) is 11.1 Å². The molecular weight excluding hydrogens is 508 g/mol. The minimum Gasteiger partial charge on any atom is -0.507 e. The van der Waals surface area contributed by atoms with Crippen molar-refractivity contribution in [2.24, 2.45) is 5.92 Å². The summed E-state index contributed by atoms with van der Waals surface area (Å²) in [5, 5.41) is 12.5. The molecule has 0 radical (unpaired) electrons. The standard InChI is InChI=1S/C28H28N2O5S2/c1-2-19(13-18-7-4-3-5-8-18)24-15-23(31)27(28(32)35-24)26(20-11-12-20)21-9-6-10-22(14-21)30-37(33,34)25-16-36-17-29-25/h3-10,14-17,19-20,26,30-31H,2,11-13H2,1H3. The average Bonchev–Trinajstić information content (AvgIpc) is 3.55. The largest absolute Gasteiger partial charge is 0.507 e. The second kappa shape index (κ2) is 10.5. The zero-order valence-electron chi connectivity index (χ0n) is 20.3. The van der Waals surface area contributed by atoms with E-state index in [1.807, 2.05) is 43.3 Å². The highest BCUT2D eigenvalue weighted by atomic mass is 32.2. The van der Waals surface area contributed by atoms with Crippen molar-refractivity contribution in [2.75, 3.05) is 4.72 Å². The number of rotatable bonds is 10. The maximum Gasteiger partial charge on any atom is 0.343 e. The first-order chi connectivity index (χ1) is 17.9. The number of sulfonamides is 1. The Morgan fingerprint density at radius 3 is 2.57 bits per heavy atom. The lowest BCUT2D eigenvalue weighted by Crippen LogP contribution is -2.18. The minimum atomic E-state index is -3.82. The van der Waals surface area contributed by atoms with Crippen molar-refractivity contribution >= 4 is 27.0 Å². The molecule has 0 spiro atoms. The first kappa shape index (κ1) is 25.2.